The van der Waals surface area contributed by atoms with Crippen LogP contribution in [-0.2, 0) is 4.74 Å². The van der Waals surface area contributed by atoms with E-state index in [1.165, 1.54) is 25.8 Å². The Balaban J connectivity index is 2.07. The molecule has 2 aliphatic rings. The van der Waals surface area contributed by atoms with Gasteiger partial charge in [0.25, 0.3) is 0 Å². The SMILES string of the molecule is CC(C)(C)N1CCC12CCOCC2. The lowest BCUT2D eigenvalue weighted by Crippen LogP contribution is -2.67. The van der Waals surface area contributed by atoms with Gasteiger partial charge in [-0.15, -0.1) is 0 Å². The molecule has 0 aromatic rings. The van der Waals surface area contributed by atoms with Gasteiger partial charge in [0.15, 0.2) is 0 Å². The molecule has 0 aromatic heterocycles. The molecule has 0 unspecified atom stereocenters. The zero-order valence-corrected chi connectivity index (χ0v) is 9.10. The molecule has 76 valence electrons. The van der Waals surface area contributed by atoms with Crippen LogP contribution in [0.2, 0.25) is 0 Å². The Morgan fingerprint density at radius 2 is 1.69 bits per heavy atom. The molecule has 2 aliphatic heterocycles. The van der Waals surface area contributed by atoms with Gasteiger partial charge in [-0.25, -0.2) is 0 Å². The van der Waals surface area contributed by atoms with Crippen molar-refractivity contribution in [2.24, 2.45) is 0 Å². The summed E-state index contributed by atoms with van der Waals surface area (Å²) in [7, 11) is 0. The van der Waals surface area contributed by atoms with Gasteiger partial charge >= 0.3 is 0 Å². The van der Waals surface area contributed by atoms with Gasteiger partial charge in [0.2, 0.25) is 0 Å². The highest BCUT2D eigenvalue weighted by atomic mass is 16.5. The van der Waals surface area contributed by atoms with E-state index in [0.717, 1.165) is 13.2 Å². The number of rotatable bonds is 0. The molecule has 0 aliphatic carbocycles. The lowest BCUT2D eigenvalue weighted by Gasteiger charge is -2.60. The first kappa shape index (κ1) is 9.47. The third kappa shape index (κ3) is 1.50. The van der Waals surface area contributed by atoms with E-state index in [0.29, 0.717) is 11.1 Å². The fraction of sp³-hybridized carbons (Fsp3) is 1.00. The van der Waals surface area contributed by atoms with Gasteiger partial charge in [0.1, 0.15) is 0 Å². The topological polar surface area (TPSA) is 12.5 Å². The van der Waals surface area contributed by atoms with E-state index < -0.39 is 0 Å². The first-order chi connectivity index (χ1) is 6.05. The van der Waals surface area contributed by atoms with Gasteiger partial charge in [-0.1, -0.05) is 0 Å². The van der Waals surface area contributed by atoms with Gasteiger partial charge < -0.3 is 4.74 Å². The summed E-state index contributed by atoms with van der Waals surface area (Å²) in [6.45, 7) is 10.2. The molecule has 2 heteroatoms. The van der Waals surface area contributed by atoms with Crippen molar-refractivity contribution in [1.82, 2.24) is 4.90 Å². The maximum Gasteiger partial charge on any atom is 0.0483 e. The van der Waals surface area contributed by atoms with Crippen LogP contribution in [-0.4, -0.2) is 35.7 Å². The van der Waals surface area contributed by atoms with Crippen LogP contribution >= 0.6 is 0 Å². The molecule has 2 nitrogen and oxygen atoms in total. The average Bonchev–Trinajstić information content (AvgIpc) is 2.01. The van der Waals surface area contributed by atoms with Crippen LogP contribution < -0.4 is 0 Å². The molecule has 2 rings (SSSR count). The molecule has 2 saturated heterocycles. The molecule has 0 aromatic carbocycles. The van der Waals surface area contributed by atoms with Gasteiger partial charge in [0, 0.05) is 30.8 Å². The highest BCUT2D eigenvalue weighted by Crippen LogP contribution is 2.43. The Hall–Kier alpha value is -0.0800. The molecule has 13 heavy (non-hydrogen) atoms. The minimum atomic E-state index is 0.343. The number of hydrogen-bond acceptors (Lipinski definition) is 2. The fourth-order valence-electron chi connectivity index (χ4n) is 2.86. The van der Waals surface area contributed by atoms with Crippen molar-refractivity contribution in [3.8, 4) is 0 Å². The predicted octanol–water partition coefficient (Wildman–Crippen LogP) is 2.04. The number of hydrogen-bond donors (Lipinski definition) is 0. The van der Waals surface area contributed by atoms with Crippen LogP contribution in [0.15, 0.2) is 0 Å². The van der Waals surface area contributed by atoms with Crippen LogP contribution in [0.1, 0.15) is 40.0 Å². The minimum Gasteiger partial charge on any atom is -0.381 e. The molecule has 0 amide bonds. The van der Waals surface area contributed by atoms with Gasteiger partial charge in [-0.05, 0) is 40.0 Å². The maximum atomic E-state index is 5.43. The Labute approximate surface area is 81.3 Å². The molecule has 1 spiro atoms. The lowest BCUT2D eigenvalue weighted by atomic mass is 9.74. The molecule has 2 heterocycles. The number of likely N-dealkylation sites (tertiary alicyclic amines) is 1. The van der Waals surface area contributed by atoms with Crippen molar-refractivity contribution in [3.05, 3.63) is 0 Å². The molecule has 0 N–H and O–H groups in total. The van der Waals surface area contributed by atoms with Gasteiger partial charge in [-0.2, -0.15) is 0 Å². The number of nitrogens with zero attached hydrogens (tertiary/aromatic N) is 1. The van der Waals surface area contributed by atoms with Crippen molar-refractivity contribution in [1.29, 1.82) is 0 Å². The Bertz CT molecular complexity index is 189. The maximum absolute atomic E-state index is 5.43. The molecular weight excluding hydrogens is 162 g/mol. The van der Waals surface area contributed by atoms with Gasteiger partial charge in [-0.3, -0.25) is 4.90 Å². The predicted molar refractivity (Wildman–Crippen MR) is 53.9 cm³/mol. The standard InChI is InChI=1S/C11H21NO/c1-10(2,3)12-7-4-11(12)5-8-13-9-6-11/h4-9H2,1-3H3. The molecule has 0 radical (unpaired) electrons. The van der Waals surface area contributed by atoms with Crippen molar-refractivity contribution in [2.75, 3.05) is 19.8 Å². The first-order valence-electron chi connectivity index (χ1n) is 5.40. The van der Waals surface area contributed by atoms with Crippen molar-refractivity contribution in [2.45, 2.75) is 51.1 Å². The second-order valence-corrected chi connectivity index (χ2v) is 5.41. The largest absolute Gasteiger partial charge is 0.381 e. The Morgan fingerprint density at radius 3 is 2.08 bits per heavy atom. The zero-order valence-electron chi connectivity index (χ0n) is 9.10. The second-order valence-electron chi connectivity index (χ2n) is 5.41. The summed E-state index contributed by atoms with van der Waals surface area (Å²) in [5.41, 5.74) is 0.853. The van der Waals surface area contributed by atoms with Crippen LogP contribution in [0.3, 0.4) is 0 Å². The first-order valence-corrected chi connectivity index (χ1v) is 5.40. The van der Waals surface area contributed by atoms with E-state index in [1.807, 2.05) is 0 Å². The highest BCUT2D eigenvalue weighted by Gasteiger charge is 2.49. The highest BCUT2D eigenvalue weighted by molar-refractivity contribution is 5.05. The van der Waals surface area contributed by atoms with Crippen molar-refractivity contribution in [3.63, 3.8) is 0 Å². The molecular formula is C11H21NO. The van der Waals surface area contributed by atoms with E-state index in [4.69, 9.17) is 4.74 Å². The van der Waals surface area contributed by atoms with E-state index in [9.17, 15) is 0 Å². The summed E-state index contributed by atoms with van der Waals surface area (Å²) in [5, 5.41) is 0. The monoisotopic (exact) mass is 183 g/mol. The summed E-state index contributed by atoms with van der Waals surface area (Å²) in [6.07, 6.45) is 3.86. The van der Waals surface area contributed by atoms with Crippen molar-refractivity contribution >= 4 is 0 Å². The van der Waals surface area contributed by atoms with E-state index >= 15 is 0 Å². The van der Waals surface area contributed by atoms with Crippen LogP contribution in [0.4, 0.5) is 0 Å². The summed E-state index contributed by atoms with van der Waals surface area (Å²) in [5.74, 6) is 0. The third-order valence-electron chi connectivity index (χ3n) is 3.61. The van der Waals surface area contributed by atoms with E-state index in [2.05, 4.69) is 25.7 Å². The molecule has 0 saturated carbocycles. The Morgan fingerprint density at radius 1 is 1.08 bits per heavy atom. The number of ether oxygens (including phenoxy) is 1. The summed E-state index contributed by atoms with van der Waals surface area (Å²) in [6, 6.07) is 0. The van der Waals surface area contributed by atoms with Crippen LogP contribution in [0, 0.1) is 0 Å². The van der Waals surface area contributed by atoms with E-state index in [-0.39, 0.29) is 0 Å². The molecule has 2 fully saturated rings. The van der Waals surface area contributed by atoms with E-state index in [1.54, 1.807) is 0 Å². The zero-order chi connectivity index (χ0) is 9.53. The van der Waals surface area contributed by atoms with Crippen LogP contribution in [0.25, 0.3) is 0 Å². The fourth-order valence-corrected chi connectivity index (χ4v) is 2.86. The quantitative estimate of drug-likeness (QED) is 0.570. The summed E-state index contributed by atoms with van der Waals surface area (Å²) >= 11 is 0. The normalized spacial score (nSPS) is 28.8. The second kappa shape index (κ2) is 2.96. The van der Waals surface area contributed by atoms with Gasteiger partial charge in [0.05, 0.1) is 0 Å². The Kier molecular flexibility index (Phi) is 2.16. The lowest BCUT2D eigenvalue weighted by molar-refractivity contribution is -0.131. The smallest absolute Gasteiger partial charge is 0.0483 e. The third-order valence-corrected chi connectivity index (χ3v) is 3.61. The van der Waals surface area contributed by atoms with Crippen molar-refractivity contribution < 1.29 is 4.74 Å². The average molecular weight is 183 g/mol. The molecule has 0 atom stereocenters. The summed E-state index contributed by atoms with van der Waals surface area (Å²) in [4.78, 5) is 2.67. The minimum absolute atomic E-state index is 0.343. The summed E-state index contributed by atoms with van der Waals surface area (Å²) < 4.78 is 5.43. The van der Waals surface area contributed by atoms with Crippen LogP contribution in [0.5, 0.6) is 0 Å². The molecule has 0 bridgehead atoms.